The number of rotatable bonds is 5. The van der Waals surface area contributed by atoms with Gasteiger partial charge < -0.3 is 14.4 Å². The van der Waals surface area contributed by atoms with Crippen molar-refractivity contribution < 1.29 is 19.1 Å². The second kappa shape index (κ2) is 8.99. The number of nitrogens with zero attached hydrogens (tertiary/aromatic N) is 2. The van der Waals surface area contributed by atoms with E-state index in [9.17, 15) is 9.59 Å². The van der Waals surface area contributed by atoms with Crippen LogP contribution in [0, 0.1) is 17.3 Å². The summed E-state index contributed by atoms with van der Waals surface area (Å²) in [5, 5.41) is 0. The molecule has 0 spiro atoms. The highest BCUT2D eigenvalue weighted by molar-refractivity contribution is 5.75. The van der Waals surface area contributed by atoms with Crippen LogP contribution in [0.1, 0.15) is 46.5 Å². The second-order valence-electron chi connectivity index (χ2n) is 8.57. The smallest absolute Gasteiger partial charge is 0.323 e. The third-order valence-corrected chi connectivity index (χ3v) is 5.44. The van der Waals surface area contributed by atoms with Crippen molar-refractivity contribution in [2.75, 3.05) is 46.6 Å². The van der Waals surface area contributed by atoms with Crippen molar-refractivity contribution in [2.45, 2.75) is 46.5 Å². The summed E-state index contributed by atoms with van der Waals surface area (Å²) in [5.41, 5.74) is -0.581. The third-order valence-electron chi connectivity index (χ3n) is 5.44. The number of carbonyl (C=O) groups excluding carboxylic acids is 2. The molecule has 0 saturated carbocycles. The van der Waals surface area contributed by atoms with E-state index in [0.29, 0.717) is 0 Å². The summed E-state index contributed by atoms with van der Waals surface area (Å²) in [6.07, 6.45) is 4.95. The molecule has 0 bridgehead atoms. The maximum atomic E-state index is 11.9. The van der Waals surface area contributed by atoms with Crippen LogP contribution in [-0.4, -0.2) is 68.3 Å². The summed E-state index contributed by atoms with van der Waals surface area (Å²) >= 11 is 0. The third kappa shape index (κ3) is 6.59. The average Bonchev–Trinajstić information content (AvgIpc) is 2.55. The lowest BCUT2D eigenvalue weighted by Crippen LogP contribution is -2.41. The maximum absolute atomic E-state index is 11.9. The summed E-state index contributed by atoms with van der Waals surface area (Å²) in [5.74, 6) is 0.967. The van der Waals surface area contributed by atoms with Crippen LogP contribution in [0.2, 0.25) is 0 Å². The molecule has 144 valence electrons. The van der Waals surface area contributed by atoms with Gasteiger partial charge >= 0.3 is 11.9 Å². The van der Waals surface area contributed by atoms with E-state index in [4.69, 9.17) is 9.47 Å². The molecule has 0 radical (unpaired) electrons. The maximum Gasteiger partial charge on any atom is 0.323 e. The summed E-state index contributed by atoms with van der Waals surface area (Å²) in [6.45, 7) is 9.63. The van der Waals surface area contributed by atoms with Crippen molar-refractivity contribution >= 4 is 11.9 Å². The molecule has 25 heavy (non-hydrogen) atoms. The van der Waals surface area contributed by atoms with E-state index >= 15 is 0 Å². The Balaban J connectivity index is 1.61. The number of hydrogen-bond donors (Lipinski definition) is 0. The molecule has 2 saturated heterocycles. The van der Waals surface area contributed by atoms with Gasteiger partial charge in [-0.05, 0) is 91.5 Å². The lowest BCUT2D eigenvalue weighted by Gasteiger charge is -2.39. The first-order valence-corrected chi connectivity index (χ1v) is 9.49. The monoisotopic (exact) mass is 354 g/mol. The highest BCUT2D eigenvalue weighted by Gasteiger charge is 2.29. The van der Waals surface area contributed by atoms with E-state index in [0.717, 1.165) is 24.9 Å². The molecule has 0 unspecified atom stereocenters. The Kier molecular flexibility index (Phi) is 7.25. The summed E-state index contributed by atoms with van der Waals surface area (Å²) in [4.78, 5) is 28.1. The summed E-state index contributed by atoms with van der Waals surface area (Å²) < 4.78 is 10.0. The minimum atomic E-state index is -0.581. The van der Waals surface area contributed by atoms with Crippen molar-refractivity contribution in [2.24, 2.45) is 17.3 Å². The number of piperidine rings is 2. The number of likely N-dealkylation sites (tertiary alicyclic amines) is 2. The van der Waals surface area contributed by atoms with Gasteiger partial charge in [0.15, 0.2) is 0 Å². The molecule has 6 heteroatoms. The van der Waals surface area contributed by atoms with Crippen molar-refractivity contribution in [3.05, 3.63) is 0 Å². The molecule has 0 aromatic carbocycles. The molecule has 0 N–H and O–H groups in total. The number of carbonyl (C=O) groups is 2. The lowest BCUT2D eigenvalue weighted by molar-refractivity contribution is -0.173. The van der Waals surface area contributed by atoms with Gasteiger partial charge in [0.2, 0.25) is 6.79 Å². The minimum Gasteiger partial charge on any atom is -0.427 e. The van der Waals surface area contributed by atoms with E-state index in [1.54, 1.807) is 20.8 Å². The van der Waals surface area contributed by atoms with Crippen molar-refractivity contribution in [1.29, 1.82) is 0 Å². The fourth-order valence-electron chi connectivity index (χ4n) is 3.68. The van der Waals surface area contributed by atoms with Gasteiger partial charge in [-0.2, -0.15) is 0 Å². The number of ether oxygens (including phenoxy) is 2. The van der Waals surface area contributed by atoms with Crippen LogP contribution in [0.4, 0.5) is 0 Å². The van der Waals surface area contributed by atoms with Crippen LogP contribution in [0.15, 0.2) is 0 Å². The molecule has 0 amide bonds. The normalized spacial score (nSPS) is 21.9. The average molecular weight is 354 g/mol. The summed E-state index contributed by atoms with van der Waals surface area (Å²) in [7, 11) is 2.20. The Hall–Kier alpha value is -1.14. The van der Waals surface area contributed by atoms with Crippen LogP contribution in [0.5, 0.6) is 0 Å². The zero-order valence-electron chi connectivity index (χ0n) is 16.3. The predicted molar refractivity (Wildman–Crippen MR) is 95.9 cm³/mol. The standard InChI is InChI=1S/C19H34N2O4/c1-19(2,3)18(23)25-14-24-17(22)13-21-11-7-16(8-12-21)15-5-9-20(4)10-6-15/h15-16H,5-14H2,1-4H3. The largest absolute Gasteiger partial charge is 0.427 e. The Morgan fingerprint density at radius 2 is 1.44 bits per heavy atom. The van der Waals surface area contributed by atoms with E-state index in [1.807, 2.05) is 0 Å². The molecule has 2 rings (SSSR count). The van der Waals surface area contributed by atoms with Crippen molar-refractivity contribution in [3.8, 4) is 0 Å². The molecule has 6 nitrogen and oxygen atoms in total. The molecule has 0 aliphatic carbocycles. The Morgan fingerprint density at radius 3 is 1.96 bits per heavy atom. The number of esters is 2. The van der Waals surface area contributed by atoms with E-state index in [1.165, 1.54) is 38.8 Å². The number of hydrogen-bond acceptors (Lipinski definition) is 6. The van der Waals surface area contributed by atoms with Gasteiger partial charge in [-0.1, -0.05) is 0 Å². The highest BCUT2D eigenvalue weighted by Crippen LogP contribution is 2.32. The molecule has 2 aliphatic rings. The molecule has 2 fully saturated rings. The lowest BCUT2D eigenvalue weighted by atomic mass is 9.79. The zero-order chi connectivity index (χ0) is 18.4. The molecule has 0 atom stereocenters. The molecule has 0 aromatic rings. The molecule has 2 aliphatic heterocycles. The van der Waals surface area contributed by atoms with Gasteiger partial charge in [0.25, 0.3) is 0 Å². The fraction of sp³-hybridized carbons (Fsp3) is 0.895. The molecular weight excluding hydrogens is 320 g/mol. The Bertz CT molecular complexity index is 445. The van der Waals surface area contributed by atoms with Gasteiger partial charge in [0, 0.05) is 0 Å². The van der Waals surface area contributed by atoms with E-state index in [2.05, 4.69) is 16.8 Å². The van der Waals surface area contributed by atoms with Crippen LogP contribution in [0.25, 0.3) is 0 Å². The molecule has 0 aromatic heterocycles. The van der Waals surface area contributed by atoms with E-state index in [-0.39, 0.29) is 25.3 Å². The van der Waals surface area contributed by atoms with Crippen LogP contribution >= 0.6 is 0 Å². The Morgan fingerprint density at radius 1 is 0.920 bits per heavy atom. The predicted octanol–water partition coefficient (Wildman–Crippen LogP) is 2.13. The SMILES string of the molecule is CN1CCC(C2CCN(CC(=O)OCOC(=O)C(C)(C)C)CC2)CC1. The first-order valence-electron chi connectivity index (χ1n) is 9.49. The van der Waals surface area contributed by atoms with E-state index < -0.39 is 5.41 Å². The second-order valence-corrected chi connectivity index (χ2v) is 8.57. The first-order chi connectivity index (χ1) is 11.8. The van der Waals surface area contributed by atoms with Crippen molar-refractivity contribution in [3.63, 3.8) is 0 Å². The fourth-order valence-corrected chi connectivity index (χ4v) is 3.68. The highest BCUT2D eigenvalue weighted by atomic mass is 16.7. The van der Waals surface area contributed by atoms with Crippen molar-refractivity contribution in [1.82, 2.24) is 9.80 Å². The van der Waals surface area contributed by atoms with Crippen LogP contribution in [-0.2, 0) is 19.1 Å². The minimum absolute atomic E-state index is 0.285. The first kappa shape index (κ1) is 20.2. The zero-order valence-corrected chi connectivity index (χ0v) is 16.3. The summed E-state index contributed by atoms with van der Waals surface area (Å²) in [6, 6.07) is 0. The Labute approximate surface area is 151 Å². The van der Waals surface area contributed by atoms with Gasteiger partial charge in [0.1, 0.15) is 0 Å². The molecule has 2 heterocycles. The topological polar surface area (TPSA) is 59.1 Å². The van der Waals surface area contributed by atoms with Crippen LogP contribution < -0.4 is 0 Å². The molecular formula is C19H34N2O4. The van der Waals surface area contributed by atoms with Crippen LogP contribution in [0.3, 0.4) is 0 Å². The van der Waals surface area contributed by atoms with Gasteiger partial charge in [-0.3, -0.25) is 14.5 Å². The van der Waals surface area contributed by atoms with Gasteiger partial charge in [0.05, 0.1) is 12.0 Å². The van der Waals surface area contributed by atoms with Gasteiger partial charge in [-0.25, -0.2) is 0 Å². The quantitative estimate of drug-likeness (QED) is 0.557. The van der Waals surface area contributed by atoms with Gasteiger partial charge in [-0.15, -0.1) is 0 Å².